The number of methoxy groups -OCH3 is 1. The Morgan fingerprint density at radius 1 is 1.17 bits per heavy atom. The van der Waals surface area contributed by atoms with Crippen molar-refractivity contribution >= 4 is 22.5 Å². The first kappa shape index (κ1) is 20.3. The molecule has 1 amide bonds. The van der Waals surface area contributed by atoms with Gasteiger partial charge in [-0.15, -0.1) is 0 Å². The number of aromatic nitrogens is 1. The summed E-state index contributed by atoms with van der Waals surface area (Å²) in [4.78, 5) is 15.0. The van der Waals surface area contributed by atoms with E-state index in [1.165, 1.54) is 5.56 Å². The van der Waals surface area contributed by atoms with Crippen LogP contribution < -0.4 is 15.0 Å². The summed E-state index contributed by atoms with van der Waals surface area (Å²) in [7, 11) is 3.72. The van der Waals surface area contributed by atoms with E-state index in [1.54, 1.807) is 7.11 Å². The van der Waals surface area contributed by atoms with E-state index in [1.807, 2.05) is 44.3 Å². The number of carbonyl (C=O) groups excluding carboxylic acids is 1. The number of fused-ring (bicyclic) bond motifs is 1. The van der Waals surface area contributed by atoms with E-state index in [0.29, 0.717) is 5.56 Å². The number of anilines is 1. The van der Waals surface area contributed by atoms with Gasteiger partial charge in [-0.25, -0.2) is 0 Å². The summed E-state index contributed by atoms with van der Waals surface area (Å²) in [6.45, 7) is 5.31. The number of nitrogens with one attached hydrogen (secondary N) is 1. The second-order valence-electron chi connectivity index (χ2n) is 7.87. The number of ether oxygens (including phenoxy) is 2. The number of carbonyl (C=O) groups is 1. The van der Waals surface area contributed by atoms with E-state index in [-0.39, 0.29) is 11.9 Å². The Labute approximate surface area is 177 Å². The Hall–Kier alpha value is -2.99. The number of nitrogens with zero attached hydrogens (tertiary/aromatic N) is 2. The Balaban J connectivity index is 1.42. The first-order valence-corrected chi connectivity index (χ1v) is 10.4. The molecule has 2 heterocycles. The molecule has 158 valence electrons. The first-order valence-electron chi connectivity index (χ1n) is 10.4. The number of benzene rings is 2. The zero-order valence-electron chi connectivity index (χ0n) is 17.9. The van der Waals surface area contributed by atoms with Gasteiger partial charge in [-0.3, -0.25) is 4.79 Å². The van der Waals surface area contributed by atoms with Crippen LogP contribution in [0.4, 0.5) is 5.69 Å². The molecule has 0 bridgehead atoms. The number of hydrogen-bond donors (Lipinski definition) is 1. The second kappa shape index (κ2) is 8.79. The van der Waals surface area contributed by atoms with Gasteiger partial charge in [0.25, 0.3) is 5.91 Å². The minimum atomic E-state index is -0.0474. The van der Waals surface area contributed by atoms with E-state index in [9.17, 15) is 4.79 Å². The van der Waals surface area contributed by atoms with Gasteiger partial charge in [-0.1, -0.05) is 0 Å². The third-order valence-corrected chi connectivity index (χ3v) is 5.69. The molecule has 1 aromatic heterocycles. The Bertz CT molecular complexity index is 1020. The van der Waals surface area contributed by atoms with Crippen molar-refractivity contribution < 1.29 is 14.3 Å². The maximum absolute atomic E-state index is 12.7. The minimum absolute atomic E-state index is 0.00761. The fourth-order valence-electron chi connectivity index (χ4n) is 4.08. The van der Waals surface area contributed by atoms with E-state index in [4.69, 9.17) is 9.47 Å². The van der Waals surface area contributed by atoms with Gasteiger partial charge >= 0.3 is 0 Å². The summed E-state index contributed by atoms with van der Waals surface area (Å²) < 4.78 is 12.9. The summed E-state index contributed by atoms with van der Waals surface area (Å²) in [5, 5.41) is 4.29. The highest BCUT2D eigenvalue weighted by atomic mass is 16.5. The number of morpholine rings is 1. The zero-order valence-corrected chi connectivity index (χ0v) is 17.9. The fourth-order valence-corrected chi connectivity index (χ4v) is 4.08. The van der Waals surface area contributed by atoms with Crippen LogP contribution in [0, 0.1) is 0 Å². The van der Waals surface area contributed by atoms with Crippen LogP contribution in [0.15, 0.2) is 48.7 Å². The van der Waals surface area contributed by atoms with E-state index < -0.39 is 0 Å². The van der Waals surface area contributed by atoms with Gasteiger partial charge in [0.05, 0.1) is 20.3 Å². The standard InChI is InChI=1S/C24H29N3O3/c1-17(14-19-16-26(2)23-9-8-21(29-3)15-22(19)23)25-24(28)18-4-6-20(7-5-18)27-10-12-30-13-11-27/h4-9,15-17H,10-14H2,1-3H3,(H,25,28). The SMILES string of the molecule is COc1ccc2c(c1)c(CC(C)NC(=O)c1ccc(N3CCOCC3)cc1)cn2C. The Morgan fingerprint density at radius 2 is 1.90 bits per heavy atom. The van der Waals surface area contributed by atoms with E-state index in [2.05, 4.69) is 33.1 Å². The molecule has 4 rings (SSSR count). The molecule has 1 aliphatic heterocycles. The third kappa shape index (κ3) is 4.28. The average molecular weight is 408 g/mol. The van der Waals surface area contributed by atoms with Crippen LogP contribution in [0.1, 0.15) is 22.8 Å². The van der Waals surface area contributed by atoms with Crippen molar-refractivity contribution in [1.29, 1.82) is 0 Å². The molecule has 1 fully saturated rings. The van der Waals surface area contributed by atoms with Crippen LogP contribution in [0.3, 0.4) is 0 Å². The Kier molecular flexibility index (Phi) is 5.95. The number of rotatable bonds is 6. The van der Waals surface area contributed by atoms with Gasteiger partial charge in [-0.05, 0) is 61.4 Å². The number of aryl methyl sites for hydroxylation is 1. The fraction of sp³-hybridized carbons (Fsp3) is 0.375. The first-order chi connectivity index (χ1) is 14.5. The summed E-state index contributed by atoms with van der Waals surface area (Å²) >= 11 is 0. The highest BCUT2D eigenvalue weighted by Gasteiger charge is 2.16. The highest BCUT2D eigenvalue weighted by molar-refractivity contribution is 5.94. The molecule has 0 radical (unpaired) electrons. The van der Waals surface area contributed by atoms with Gasteiger partial charge in [-0.2, -0.15) is 0 Å². The summed E-state index contributed by atoms with van der Waals surface area (Å²) in [5.41, 5.74) is 4.16. The molecule has 6 nitrogen and oxygen atoms in total. The highest BCUT2D eigenvalue weighted by Crippen LogP contribution is 2.26. The second-order valence-corrected chi connectivity index (χ2v) is 7.87. The van der Waals surface area contributed by atoms with Crippen LogP contribution in [0.25, 0.3) is 10.9 Å². The molecular weight excluding hydrogens is 378 g/mol. The maximum atomic E-state index is 12.7. The normalized spacial score (nSPS) is 15.2. The summed E-state index contributed by atoms with van der Waals surface area (Å²) in [6.07, 6.45) is 2.88. The lowest BCUT2D eigenvalue weighted by Crippen LogP contribution is -2.36. The van der Waals surface area contributed by atoms with Crippen molar-refractivity contribution in [2.45, 2.75) is 19.4 Å². The molecule has 30 heavy (non-hydrogen) atoms. The molecule has 6 heteroatoms. The smallest absolute Gasteiger partial charge is 0.251 e. The molecule has 2 aromatic carbocycles. The predicted octanol–water partition coefficient (Wildman–Crippen LogP) is 3.38. The van der Waals surface area contributed by atoms with Crippen LogP contribution in [0.5, 0.6) is 5.75 Å². The molecule has 1 atom stereocenters. The lowest BCUT2D eigenvalue weighted by atomic mass is 10.1. The van der Waals surface area contributed by atoms with Crippen LogP contribution in [-0.4, -0.2) is 49.9 Å². The largest absolute Gasteiger partial charge is 0.497 e. The van der Waals surface area contributed by atoms with Crippen molar-refractivity contribution in [2.24, 2.45) is 7.05 Å². The molecule has 3 aromatic rings. The monoisotopic (exact) mass is 407 g/mol. The van der Waals surface area contributed by atoms with Crippen molar-refractivity contribution in [3.63, 3.8) is 0 Å². The lowest BCUT2D eigenvalue weighted by Gasteiger charge is -2.28. The van der Waals surface area contributed by atoms with Crippen LogP contribution in [0.2, 0.25) is 0 Å². The van der Waals surface area contributed by atoms with Gasteiger partial charge in [0.15, 0.2) is 0 Å². The number of hydrogen-bond acceptors (Lipinski definition) is 4. The van der Waals surface area contributed by atoms with Crippen molar-refractivity contribution in [1.82, 2.24) is 9.88 Å². The van der Waals surface area contributed by atoms with E-state index >= 15 is 0 Å². The van der Waals surface area contributed by atoms with Crippen LogP contribution in [-0.2, 0) is 18.2 Å². The van der Waals surface area contributed by atoms with Crippen LogP contribution >= 0.6 is 0 Å². The zero-order chi connectivity index (χ0) is 21.1. The van der Waals surface area contributed by atoms with Gasteiger partial charge in [0, 0.05) is 54.5 Å². The molecular formula is C24H29N3O3. The van der Waals surface area contributed by atoms with Gasteiger partial charge in [0.1, 0.15) is 5.75 Å². The lowest BCUT2D eigenvalue weighted by molar-refractivity contribution is 0.0940. The molecule has 1 unspecified atom stereocenters. The average Bonchev–Trinajstić information content (AvgIpc) is 3.08. The third-order valence-electron chi connectivity index (χ3n) is 5.69. The number of amides is 1. The Morgan fingerprint density at radius 3 is 2.60 bits per heavy atom. The molecule has 0 saturated carbocycles. The minimum Gasteiger partial charge on any atom is -0.497 e. The van der Waals surface area contributed by atoms with Crippen molar-refractivity contribution in [3.8, 4) is 5.75 Å². The molecule has 0 aliphatic carbocycles. The summed E-state index contributed by atoms with van der Waals surface area (Å²) in [6, 6.07) is 13.9. The van der Waals surface area contributed by atoms with Crippen molar-refractivity contribution in [2.75, 3.05) is 38.3 Å². The molecule has 0 spiro atoms. The maximum Gasteiger partial charge on any atom is 0.251 e. The quantitative estimate of drug-likeness (QED) is 0.681. The molecule has 1 N–H and O–H groups in total. The van der Waals surface area contributed by atoms with Crippen molar-refractivity contribution in [3.05, 3.63) is 59.8 Å². The van der Waals surface area contributed by atoms with Gasteiger partial charge < -0.3 is 24.3 Å². The summed E-state index contributed by atoms with van der Waals surface area (Å²) in [5.74, 6) is 0.792. The van der Waals surface area contributed by atoms with E-state index in [0.717, 1.165) is 55.1 Å². The topological polar surface area (TPSA) is 55.7 Å². The van der Waals surface area contributed by atoms with Gasteiger partial charge in [0.2, 0.25) is 0 Å². The predicted molar refractivity (Wildman–Crippen MR) is 120 cm³/mol. The molecule has 1 aliphatic rings. The molecule has 1 saturated heterocycles.